The van der Waals surface area contributed by atoms with Crippen LogP contribution in [-0.2, 0) is 11.3 Å². The van der Waals surface area contributed by atoms with E-state index in [0.29, 0.717) is 18.7 Å². The van der Waals surface area contributed by atoms with Crippen LogP contribution < -0.4 is 10.1 Å². The minimum absolute atomic E-state index is 0.542. The number of nitriles is 1. The first-order valence-electron chi connectivity index (χ1n) is 8.60. The summed E-state index contributed by atoms with van der Waals surface area (Å²) in [4.78, 5) is 2.41. The average Bonchev–Trinajstić information content (AvgIpc) is 2.67. The molecule has 3 rings (SSSR count). The van der Waals surface area contributed by atoms with Gasteiger partial charge in [-0.15, -0.1) is 0 Å². The third kappa shape index (κ3) is 5.21. The lowest BCUT2D eigenvalue weighted by molar-refractivity contribution is 0.0342. The molecule has 5 nitrogen and oxygen atoms in total. The van der Waals surface area contributed by atoms with Gasteiger partial charge in [-0.25, -0.2) is 0 Å². The summed E-state index contributed by atoms with van der Waals surface area (Å²) in [6.45, 7) is 5.75. The van der Waals surface area contributed by atoms with Gasteiger partial charge in [0.2, 0.25) is 0 Å². The van der Waals surface area contributed by atoms with Gasteiger partial charge in [0.1, 0.15) is 12.4 Å². The van der Waals surface area contributed by atoms with Crippen LogP contribution in [0.15, 0.2) is 48.5 Å². The fourth-order valence-corrected chi connectivity index (χ4v) is 2.84. The van der Waals surface area contributed by atoms with Crippen molar-refractivity contribution < 1.29 is 9.47 Å². The maximum absolute atomic E-state index is 8.92. The first-order valence-corrected chi connectivity index (χ1v) is 8.60. The van der Waals surface area contributed by atoms with Crippen LogP contribution in [0.25, 0.3) is 0 Å². The molecule has 0 aromatic heterocycles. The van der Waals surface area contributed by atoms with Crippen molar-refractivity contribution in [3.63, 3.8) is 0 Å². The summed E-state index contributed by atoms with van der Waals surface area (Å²) in [6.07, 6.45) is 0. The Morgan fingerprint density at radius 1 is 1.12 bits per heavy atom. The smallest absolute Gasteiger partial charge is 0.120 e. The van der Waals surface area contributed by atoms with Gasteiger partial charge in [0.15, 0.2) is 0 Å². The zero-order valence-corrected chi connectivity index (χ0v) is 14.3. The number of para-hydroxylation sites is 1. The fourth-order valence-electron chi connectivity index (χ4n) is 2.84. The molecule has 1 saturated heterocycles. The minimum Gasteiger partial charge on any atom is -0.492 e. The molecule has 2 aromatic rings. The predicted octanol–water partition coefficient (Wildman–Crippen LogP) is 2.88. The van der Waals surface area contributed by atoms with Crippen molar-refractivity contribution in [2.45, 2.75) is 6.54 Å². The summed E-state index contributed by atoms with van der Waals surface area (Å²) < 4.78 is 11.1. The summed E-state index contributed by atoms with van der Waals surface area (Å²) in [7, 11) is 0. The van der Waals surface area contributed by atoms with Crippen LogP contribution in [0.3, 0.4) is 0 Å². The molecule has 0 bridgehead atoms. The summed E-state index contributed by atoms with van der Waals surface area (Å²) in [5.41, 5.74) is 3.04. The number of rotatable bonds is 7. The molecule has 1 N–H and O–H groups in total. The zero-order chi connectivity index (χ0) is 17.3. The Labute approximate surface area is 148 Å². The van der Waals surface area contributed by atoms with Gasteiger partial charge in [-0.3, -0.25) is 4.90 Å². The number of hydrogen-bond donors (Lipinski definition) is 1. The number of nitrogens with zero attached hydrogens (tertiary/aromatic N) is 2. The number of ether oxygens (including phenoxy) is 2. The summed E-state index contributed by atoms with van der Waals surface area (Å²) in [5.74, 6) is 0.724. The Kier molecular flexibility index (Phi) is 6.27. The third-order valence-electron chi connectivity index (χ3n) is 4.16. The van der Waals surface area contributed by atoms with Crippen LogP contribution >= 0.6 is 0 Å². The van der Waals surface area contributed by atoms with E-state index in [2.05, 4.69) is 34.5 Å². The summed E-state index contributed by atoms with van der Waals surface area (Å²) >= 11 is 0. The quantitative estimate of drug-likeness (QED) is 0.787. The Morgan fingerprint density at radius 3 is 2.80 bits per heavy atom. The van der Waals surface area contributed by atoms with Gasteiger partial charge in [0, 0.05) is 31.9 Å². The Hall–Kier alpha value is -2.55. The Morgan fingerprint density at radius 2 is 1.96 bits per heavy atom. The van der Waals surface area contributed by atoms with E-state index in [-0.39, 0.29) is 0 Å². The number of anilines is 1. The van der Waals surface area contributed by atoms with Crippen molar-refractivity contribution in [1.82, 2.24) is 4.90 Å². The molecule has 130 valence electrons. The minimum atomic E-state index is 0.542. The lowest BCUT2D eigenvalue weighted by Crippen LogP contribution is -2.35. The zero-order valence-electron chi connectivity index (χ0n) is 14.3. The molecule has 0 saturated carbocycles. The second-order valence-corrected chi connectivity index (χ2v) is 5.96. The summed E-state index contributed by atoms with van der Waals surface area (Å²) in [6, 6.07) is 17.7. The second-order valence-electron chi connectivity index (χ2n) is 5.96. The molecule has 1 heterocycles. The highest BCUT2D eigenvalue weighted by molar-refractivity contribution is 5.51. The monoisotopic (exact) mass is 337 g/mol. The topological polar surface area (TPSA) is 57.5 Å². The number of hydrogen-bond acceptors (Lipinski definition) is 5. The predicted molar refractivity (Wildman–Crippen MR) is 97.7 cm³/mol. The van der Waals surface area contributed by atoms with Gasteiger partial charge < -0.3 is 14.8 Å². The molecule has 0 radical (unpaired) electrons. The van der Waals surface area contributed by atoms with E-state index in [1.165, 1.54) is 5.56 Å². The molecule has 25 heavy (non-hydrogen) atoms. The highest BCUT2D eigenvalue weighted by Gasteiger charge is 2.12. The first kappa shape index (κ1) is 17.3. The molecular formula is C20H23N3O2. The first-order chi connectivity index (χ1) is 12.3. The van der Waals surface area contributed by atoms with Crippen LogP contribution in [0.4, 0.5) is 5.69 Å². The third-order valence-corrected chi connectivity index (χ3v) is 4.16. The maximum atomic E-state index is 8.92. The highest BCUT2D eigenvalue weighted by atomic mass is 16.5. The van der Waals surface area contributed by atoms with E-state index in [0.717, 1.165) is 44.3 Å². The molecule has 1 aliphatic rings. The normalized spacial score (nSPS) is 14.7. The van der Waals surface area contributed by atoms with Crippen LogP contribution in [0.2, 0.25) is 0 Å². The molecule has 5 heteroatoms. The van der Waals surface area contributed by atoms with Crippen LogP contribution in [0.1, 0.15) is 11.1 Å². The fraction of sp³-hybridized carbons (Fsp3) is 0.350. The van der Waals surface area contributed by atoms with E-state index < -0.39 is 0 Å². The van der Waals surface area contributed by atoms with Gasteiger partial charge in [-0.05, 0) is 29.8 Å². The largest absolute Gasteiger partial charge is 0.492 e. The Bertz CT molecular complexity index is 721. The van der Waals surface area contributed by atoms with Crippen LogP contribution in [0.5, 0.6) is 5.75 Å². The lowest BCUT2D eigenvalue weighted by Gasteiger charge is -2.27. The SMILES string of the molecule is N#Cc1cccc(OCCNc2ccccc2CN2CCOCC2)c1. The van der Waals surface area contributed by atoms with Gasteiger partial charge in [-0.2, -0.15) is 5.26 Å². The standard InChI is InChI=1S/C20H23N3O2/c21-15-17-4-3-6-19(14-17)25-11-8-22-20-7-2-1-5-18(20)16-23-9-12-24-13-10-23/h1-7,14,22H,8-13,16H2. The van der Waals surface area contributed by atoms with E-state index >= 15 is 0 Å². The maximum Gasteiger partial charge on any atom is 0.120 e. The van der Waals surface area contributed by atoms with E-state index in [4.69, 9.17) is 14.7 Å². The number of nitrogens with one attached hydrogen (secondary N) is 1. The van der Waals surface area contributed by atoms with E-state index in [1.807, 2.05) is 18.2 Å². The van der Waals surface area contributed by atoms with Crippen molar-refractivity contribution in [1.29, 1.82) is 5.26 Å². The molecule has 2 aromatic carbocycles. The van der Waals surface area contributed by atoms with Gasteiger partial charge in [0.05, 0.1) is 24.8 Å². The molecule has 0 atom stereocenters. The summed E-state index contributed by atoms with van der Waals surface area (Å²) in [5, 5.41) is 12.4. The van der Waals surface area contributed by atoms with Crippen LogP contribution in [-0.4, -0.2) is 44.4 Å². The van der Waals surface area contributed by atoms with Gasteiger partial charge in [0.25, 0.3) is 0 Å². The van der Waals surface area contributed by atoms with E-state index in [1.54, 1.807) is 12.1 Å². The molecule has 0 unspecified atom stereocenters. The number of benzene rings is 2. The molecule has 1 aliphatic heterocycles. The molecular weight excluding hydrogens is 314 g/mol. The van der Waals surface area contributed by atoms with Crippen molar-refractivity contribution in [2.24, 2.45) is 0 Å². The van der Waals surface area contributed by atoms with Gasteiger partial charge in [-0.1, -0.05) is 24.3 Å². The lowest BCUT2D eigenvalue weighted by atomic mass is 10.1. The van der Waals surface area contributed by atoms with Crippen molar-refractivity contribution in [2.75, 3.05) is 44.8 Å². The molecule has 0 aliphatic carbocycles. The Balaban J connectivity index is 1.50. The molecule has 1 fully saturated rings. The van der Waals surface area contributed by atoms with E-state index in [9.17, 15) is 0 Å². The molecule has 0 spiro atoms. The van der Waals surface area contributed by atoms with Gasteiger partial charge >= 0.3 is 0 Å². The van der Waals surface area contributed by atoms with Crippen LogP contribution in [0, 0.1) is 11.3 Å². The molecule has 0 amide bonds. The van der Waals surface area contributed by atoms with Crippen molar-refractivity contribution >= 4 is 5.69 Å². The average molecular weight is 337 g/mol. The second kappa shape index (κ2) is 9.07. The van der Waals surface area contributed by atoms with Crippen molar-refractivity contribution in [3.05, 3.63) is 59.7 Å². The van der Waals surface area contributed by atoms with Crippen molar-refractivity contribution in [3.8, 4) is 11.8 Å². The highest BCUT2D eigenvalue weighted by Crippen LogP contribution is 2.18. The number of morpholine rings is 1.